The van der Waals surface area contributed by atoms with Gasteiger partial charge in [-0.2, -0.15) is 0 Å². The fraction of sp³-hybridized carbons (Fsp3) is 0.854. The Bertz CT molecular complexity index is 892. The predicted molar refractivity (Wildman–Crippen MR) is 201 cm³/mol. The summed E-state index contributed by atoms with van der Waals surface area (Å²) < 4.78 is 22.1. The molecule has 1 fully saturated rings. The van der Waals surface area contributed by atoms with E-state index in [9.17, 15) is 30.0 Å². The van der Waals surface area contributed by atoms with Crippen LogP contribution in [0.1, 0.15) is 168 Å². The van der Waals surface area contributed by atoms with Crippen LogP contribution >= 0.6 is 0 Å². The second-order valence-electron chi connectivity index (χ2n) is 14.1. The summed E-state index contributed by atoms with van der Waals surface area (Å²) in [5.74, 6) is -0.827. The van der Waals surface area contributed by atoms with Crippen LogP contribution in [0.3, 0.4) is 0 Å². The fourth-order valence-electron chi connectivity index (χ4n) is 6.00. The van der Waals surface area contributed by atoms with E-state index in [1.54, 1.807) is 0 Å². The van der Waals surface area contributed by atoms with Crippen molar-refractivity contribution in [3.8, 4) is 0 Å². The monoisotopic (exact) mass is 727 g/mol. The lowest BCUT2D eigenvalue weighted by atomic mass is 9.99. The SMILES string of the molecule is CCCCCC/C=C\CCCCCCCC(=O)OC[C@H](CO[C@@H]1O[C@H](CO)[C@H](O)[C@H](O)[C@H]1O)OC(=O)CCCCCCC/C=C\CCCCCC. The van der Waals surface area contributed by atoms with Gasteiger partial charge in [0.15, 0.2) is 12.4 Å². The summed E-state index contributed by atoms with van der Waals surface area (Å²) >= 11 is 0. The Morgan fingerprint density at radius 1 is 0.588 bits per heavy atom. The van der Waals surface area contributed by atoms with E-state index in [-0.39, 0.29) is 32.0 Å². The first-order valence-electron chi connectivity index (χ1n) is 20.4. The molecule has 0 amide bonds. The van der Waals surface area contributed by atoms with Crippen molar-refractivity contribution in [1.29, 1.82) is 0 Å². The number of aliphatic hydroxyl groups excluding tert-OH is 4. The molecule has 6 atom stereocenters. The van der Waals surface area contributed by atoms with E-state index in [0.717, 1.165) is 70.6 Å². The van der Waals surface area contributed by atoms with E-state index in [4.69, 9.17) is 18.9 Å². The zero-order chi connectivity index (χ0) is 37.4. The summed E-state index contributed by atoms with van der Waals surface area (Å²) in [6.07, 6.45) is 26.1. The second kappa shape index (κ2) is 32.8. The summed E-state index contributed by atoms with van der Waals surface area (Å²) in [7, 11) is 0. The van der Waals surface area contributed by atoms with Gasteiger partial charge in [0.1, 0.15) is 31.0 Å². The molecule has 1 heterocycles. The van der Waals surface area contributed by atoms with E-state index in [2.05, 4.69) is 38.2 Å². The van der Waals surface area contributed by atoms with Crippen LogP contribution < -0.4 is 0 Å². The first-order chi connectivity index (χ1) is 24.8. The first-order valence-corrected chi connectivity index (χ1v) is 20.4. The minimum absolute atomic E-state index is 0.219. The van der Waals surface area contributed by atoms with Gasteiger partial charge in [-0.25, -0.2) is 0 Å². The lowest BCUT2D eigenvalue weighted by Gasteiger charge is -2.39. The normalized spacial score (nSPS) is 21.4. The fourth-order valence-corrected chi connectivity index (χ4v) is 6.00. The Morgan fingerprint density at radius 3 is 1.53 bits per heavy atom. The number of carbonyl (C=O) groups is 2. The molecule has 1 rings (SSSR count). The third kappa shape index (κ3) is 24.9. The average molecular weight is 727 g/mol. The van der Waals surface area contributed by atoms with Gasteiger partial charge in [-0.3, -0.25) is 9.59 Å². The minimum Gasteiger partial charge on any atom is -0.462 e. The van der Waals surface area contributed by atoms with Gasteiger partial charge in [-0.1, -0.05) is 115 Å². The van der Waals surface area contributed by atoms with Crippen molar-refractivity contribution in [1.82, 2.24) is 0 Å². The zero-order valence-electron chi connectivity index (χ0n) is 32.1. The van der Waals surface area contributed by atoms with Crippen molar-refractivity contribution in [3.63, 3.8) is 0 Å². The van der Waals surface area contributed by atoms with Crippen molar-refractivity contribution in [2.24, 2.45) is 0 Å². The summed E-state index contributed by atoms with van der Waals surface area (Å²) in [4.78, 5) is 25.2. The molecule has 1 aliphatic rings. The van der Waals surface area contributed by atoms with Crippen LogP contribution in [0, 0.1) is 0 Å². The Hall–Kier alpha value is -1.82. The maximum Gasteiger partial charge on any atom is 0.306 e. The standard InChI is InChI=1S/C41H74O10/c1-3-5-7-9-11-13-15-17-19-21-23-25-27-29-36(43)48-32-34(33-49-41-40(47)39(46)38(45)35(31-42)51-41)50-37(44)30-28-26-24-22-20-18-16-14-12-10-8-6-4-2/h13-16,34-35,38-42,45-47H,3-12,17-33H2,1-2H3/b15-13-,16-14-/t34-,35-,38+,39+,40-,41-/m1/s1. The zero-order valence-corrected chi connectivity index (χ0v) is 32.1. The topological polar surface area (TPSA) is 152 Å². The van der Waals surface area contributed by atoms with E-state index in [0.29, 0.717) is 12.8 Å². The van der Waals surface area contributed by atoms with Crippen LogP contribution in [0.25, 0.3) is 0 Å². The van der Waals surface area contributed by atoms with Crippen molar-refractivity contribution < 1.29 is 49.0 Å². The molecule has 0 unspecified atom stereocenters. The van der Waals surface area contributed by atoms with Gasteiger partial charge in [-0.15, -0.1) is 0 Å². The smallest absolute Gasteiger partial charge is 0.306 e. The molecule has 10 heteroatoms. The predicted octanol–water partition coefficient (Wildman–Crippen LogP) is 7.77. The van der Waals surface area contributed by atoms with Gasteiger partial charge >= 0.3 is 11.9 Å². The summed E-state index contributed by atoms with van der Waals surface area (Å²) in [6.45, 7) is 3.36. The van der Waals surface area contributed by atoms with Gasteiger partial charge in [-0.05, 0) is 64.2 Å². The molecular weight excluding hydrogens is 652 g/mol. The molecule has 0 aromatic rings. The number of rotatable bonds is 33. The van der Waals surface area contributed by atoms with E-state index in [1.165, 1.54) is 57.8 Å². The molecule has 298 valence electrons. The highest BCUT2D eigenvalue weighted by molar-refractivity contribution is 5.70. The molecule has 0 aromatic carbocycles. The Balaban J connectivity index is 2.39. The third-order valence-electron chi connectivity index (χ3n) is 9.31. The van der Waals surface area contributed by atoms with Gasteiger partial charge < -0.3 is 39.4 Å². The number of carbonyl (C=O) groups excluding carboxylic acids is 2. The van der Waals surface area contributed by atoms with Crippen LogP contribution in [-0.4, -0.2) is 89.0 Å². The lowest BCUT2D eigenvalue weighted by molar-refractivity contribution is -0.305. The summed E-state index contributed by atoms with van der Waals surface area (Å²) in [6, 6.07) is 0. The summed E-state index contributed by atoms with van der Waals surface area (Å²) in [5, 5.41) is 39.9. The van der Waals surface area contributed by atoms with Crippen LogP contribution in [0.15, 0.2) is 24.3 Å². The number of esters is 2. The second-order valence-corrected chi connectivity index (χ2v) is 14.1. The number of hydrogen-bond donors (Lipinski definition) is 4. The quantitative estimate of drug-likeness (QED) is 0.0300. The van der Waals surface area contributed by atoms with E-state index < -0.39 is 49.4 Å². The van der Waals surface area contributed by atoms with E-state index >= 15 is 0 Å². The molecule has 0 spiro atoms. The molecule has 0 radical (unpaired) electrons. The number of unbranched alkanes of at least 4 members (excludes halogenated alkanes) is 18. The highest BCUT2D eigenvalue weighted by Gasteiger charge is 2.44. The minimum atomic E-state index is -1.59. The van der Waals surface area contributed by atoms with Gasteiger partial charge in [0.25, 0.3) is 0 Å². The number of aliphatic hydroxyl groups is 4. The highest BCUT2D eigenvalue weighted by atomic mass is 16.7. The van der Waals surface area contributed by atoms with Crippen LogP contribution in [-0.2, 0) is 28.5 Å². The molecular formula is C41H74O10. The molecule has 1 saturated heterocycles. The van der Waals surface area contributed by atoms with E-state index in [1.807, 2.05) is 0 Å². The Kier molecular flexibility index (Phi) is 30.4. The lowest BCUT2D eigenvalue weighted by Crippen LogP contribution is -2.59. The molecule has 1 aliphatic heterocycles. The first kappa shape index (κ1) is 47.2. The molecule has 0 aliphatic carbocycles. The largest absolute Gasteiger partial charge is 0.462 e. The maximum atomic E-state index is 12.7. The summed E-state index contributed by atoms with van der Waals surface area (Å²) in [5.41, 5.74) is 0. The molecule has 51 heavy (non-hydrogen) atoms. The van der Waals surface area contributed by atoms with Crippen molar-refractivity contribution in [3.05, 3.63) is 24.3 Å². The van der Waals surface area contributed by atoms with Gasteiger partial charge in [0.05, 0.1) is 13.2 Å². The molecule has 10 nitrogen and oxygen atoms in total. The van der Waals surface area contributed by atoms with Crippen molar-refractivity contribution >= 4 is 11.9 Å². The van der Waals surface area contributed by atoms with Gasteiger partial charge in [0.2, 0.25) is 0 Å². The maximum absolute atomic E-state index is 12.7. The third-order valence-corrected chi connectivity index (χ3v) is 9.31. The number of allylic oxidation sites excluding steroid dienone is 4. The Labute approximate surface area is 309 Å². The number of hydrogen-bond acceptors (Lipinski definition) is 10. The van der Waals surface area contributed by atoms with Crippen LogP contribution in [0.2, 0.25) is 0 Å². The Morgan fingerprint density at radius 2 is 1.04 bits per heavy atom. The van der Waals surface area contributed by atoms with Gasteiger partial charge in [0, 0.05) is 12.8 Å². The van der Waals surface area contributed by atoms with Crippen molar-refractivity contribution in [2.45, 2.75) is 205 Å². The molecule has 0 saturated carbocycles. The molecule has 4 N–H and O–H groups in total. The highest BCUT2D eigenvalue weighted by Crippen LogP contribution is 2.22. The molecule has 0 bridgehead atoms. The average Bonchev–Trinajstić information content (AvgIpc) is 3.13. The van der Waals surface area contributed by atoms with Crippen LogP contribution in [0.4, 0.5) is 0 Å². The van der Waals surface area contributed by atoms with Crippen molar-refractivity contribution in [2.75, 3.05) is 19.8 Å². The number of ether oxygens (including phenoxy) is 4. The molecule has 0 aromatic heterocycles. The van der Waals surface area contributed by atoms with Crippen LogP contribution in [0.5, 0.6) is 0 Å².